The second-order valence-corrected chi connectivity index (χ2v) is 5.10. The van der Waals surface area contributed by atoms with Crippen LogP contribution >= 0.6 is 0 Å². The van der Waals surface area contributed by atoms with Crippen LogP contribution in [0.5, 0.6) is 0 Å². The molecule has 1 aromatic carbocycles. The second-order valence-electron chi connectivity index (χ2n) is 5.10. The van der Waals surface area contributed by atoms with Crippen molar-refractivity contribution in [3.63, 3.8) is 0 Å². The van der Waals surface area contributed by atoms with Crippen molar-refractivity contribution in [2.24, 2.45) is 0 Å². The van der Waals surface area contributed by atoms with Crippen LogP contribution in [0.3, 0.4) is 0 Å². The van der Waals surface area contributed by atoms with Crippen molar-refractivity contribution >= 4 is 5.91 Å². The van der Waals surface area contributed by atoms with Crippen LogP contribution in [-0.2, 0) is 4.79 Å². The van der Waals surface area contributed by atoms with Gasteiger partial charge in [0.05, 0.1) is 12.5 Å². The number of carbonyl (C=O) groups excluding carboxylic acids is 1. The van der Waals surface area contributed by atoms with Gasteiger partial charge in [0.25, 0.3) is 0 Å². The maximum Gasteiger partial charge on any atom is 0.390 e. The number of hydrogen-bond acceptors (Lipinski definition) is 2. The molecular weight excluding hydrogens is 269 g/mol. The molecule has 1 aromatic rings. The van der Waals surface area contributed by atoms with Crippen LogP contribution in [0.2, 0.25) is 0 Å². The van der Waals surface area contributed by atoms with Crippen molar-refractivity contribution in [1.82, 2.24) is 10.2 Å². The van der Waals surface area contributed by atoms with E-state index in [4.69, 9.17) is 0 Å². The number of rotatable bonds is 3. The van der Waals surface area contributed by atoms with E-state index in [1.807, 2.05) is 31.2 Å². The highest BCUT2D eigenvalue weighted by Gasteiger charge is 2.39. The molecule has 0 aromatic heterocycles. The van der Waals surface area contributed by atoms with Crippen LogP contribution in [0.1, 0.15) is 30.6 Å². The lowest BCUT2D eigenvalue weighted by Crippen LogP contribution is -2.33. The Balaban J connectivity index is 2.17. The summed E-state index contributed by atoms with van der Waals surface area (Å²) in [7, 11) is 0. The summed E-state index contributed by atoms with van der Waals surface area (Å²) in [6.07, 6.45) is -5.74. The van der Waals surface area contributed by atoms with Crippen LogP contribution in [0.15, 0.2) is 24.3 Å². The average Bonchev–Trinajstić information content (AvgIpc) is 2.63. The standard InChI is InChI=1S/C14H17F3N2O/c1-9-3-5-11(6-4-9)12-18-10(2)13(20)19(12)8-7-14(15,16)17/h3-6,10,12,18H,7-8H2,1-2H3. The molecule has 20 heavy (non-hydrogen) atoms. The Morgan fingerprint density at radius 2 is 1.85 bits per heavy atom. The quantitative estimate of drug-likeness (QED) is 0.926. The summed E-state index contributed by atoms with van der Waals surface area (Å²) >= 11 is 0. The molecule has 0 spiro atoms. The molecule has 1 amide bonds. The van der Waals surface area contributed by atoms with Gasteiger partial charge in [0.2, 0.25) is 5.91 Å². The average molecular weight is 286 g/mol. The molecule has 0 bridgehead atoms. The number of amides is 1. The van der Waals surface area contributed by atoms with E-state index in [-0.39, 0.29) is 12.5 Å². The van der Waals surface area contributed by atoms with E-state index < -0.39 is 24.8 Å². The maximum absolute atomic E-state index is 12.4. The first-order valence-electron chi connectivity index (χ1n) is 6.48. The van der Waals surface area contributed by atoms with E-state index in [1.54, 1.807) is 6.92 Å². The molecule has 110 valence electrons. The van der Waals surface area contributed by atoms with Crippen molar-refractivity contribution in [3.05, 3.63) is 35.4 Å². The predicted octanol–water partition coefficient (Wildman–Crippen LogP) is 2.77. The van der Waals surface area contributed by atoms with Gasteiger partial charge in [-0.05, 0) is 19.4 Å². The SMILES string of the molecule is Cc1ccc(C2NC(C)C(=O)N2CCC(F)(F)F)cc1. The van der Waals surface area contributed by atoms with E-state index in [0.717, 1.165) is 11.1 Å². The number of carbonyl (C=O) groups is 1. The molecule has 0 radical (unpaired) electrons. The van der Waals surface area contributed by atoms with Gasteiger partial charge < -0.3 is 4.90 Å². The predicted molar refractivity (Wildman–Crippen MR) is 68.9 cm³/mol. The molecule has 1 aliphatic heterocycles. The highest BCUT2D eigenvalue weighted by Crippen LogP contribution is 2.28. The Morgan fingerprint density at radius 1 is 1.25 bits per heavy atom. The zero-order chi connectivity index (χ0) is 14.9. The molecule has 6 heteroatoms. The van der Waals surface area contributed by atoms with Crippen LogP contribution in [0.4, 0.5) is 13.2 Å². The monoisotopic (exact) mass is 286 g/mol. The van der Waals surface area contributed by atoms with E-state index in [9.17, 15) is 18.0 Å². The van der Waals surface area contributed by atoms with Crippen LogP contribution in [0.25, 0.3) is 0 Å². The molecular formula is C14H17F3N2O. The Hall–Kier alpha value is -1.56. The van der Waals surface area contributed by atoms with Gasteiger partial charge in [0, 0.05) is 6.54 Å². The first-order chi connectivity index (χ1) is 9.28. The van der Waals surface area contributed by atoms with Gasteiger partial charge >= 0.3 is 6.18 Å². The van der Waals surface area contributed by atoms with Gasteiger partial charge in [-0.25, -0.2) is 0 Å². The lowest BCUT2D eigenvalue weighted by Gasteiger charge is -2.25. The molecule has 2 unspecified atom stereocenters. The molecule has 2 atom stereocenters. The number of hydrogen-bond donors (Lipinski definition) is 1. The molecule has 2 rings (SSSR count). The fourth-order valence-electron chi connectivity index (χ4n) is 2.29. The minimum absolute atomic E-state index is 0.292. The maximum atomic E-state index is 12.4. The van der Waals surface area contributed by atoms with Crippen LogP contribution in [0, 0.1) is 6.92 Å². The van der Waals surface area contributed by atoms with Crippen molar-refractivity contribution in [3.8, 4) is 0 Å². The summed E-state index contributed by atoms with van der Waals surface area (Å²) in [5, 5.41) is 3.03. The van der Waals surface area contributed by atoms with Crippen LogP contribution < -0.4 is 5.32 Å². The van der Waals surface area contributed by atoms with E-state index in [1.165, 1.54) is 4.90 Å². The Morgan fingerprint density at radius 3 is 2.40 bits per heavy atom. The van der Waals surface area contributed by atoms with E-state index in [0.29, 0.717) is 0 Å². The topological polar surface area (TPSA) is 32.3 Å². The molecule has 1 aliphatic rings. The van der Waals surface area contributed by atoms with Crippen molar-refractivity contribution < 1.29 is 18.0 Å². The number of benzene rings is 1. The summed E-state index contributed by atoms with van der Waals surface area (Å²) < 4.78 is 37.1. The largest absolute Gasteiger partial charge is 0.390 e. The zero-order valence-corrected chi connectivity index (χ0v) is 11.4. The first kappa shape index (κ1) is 14.8. The fraction of sp³-hybridized carbons (Fsp3) is 0.500. The van der Waals surface area contributed by atoms with Crippen molar-refractivity contribution in [1.29, 1.82) is 0 Å². The number of nitrogens with zero attached hydrogens (tertiary/aromatic N) is 1. The second kappa shape index (κ2) is 5.44. The third-order valence-electron chi connectivity index (χ3n) is 3.40. The summed E-state index contributed by atoms with van der Waals surface area (Å²) in [6, 6.07) is 6.96. The summed E-state index contributed by atoms with van der Waals surface area (Å²) in [5.41, 5.74) is 1.86. The Kier molecular flexibility index (Phi) is 4.04. The molecule has 1 fully saturated rings. The number of nitrogens with one attached hydrogen (secondary N) is 1. The molecule has 3 nitrogen and oxygen atoms in total. The number of aryl methyl sites for hydroxylation is 1. The van der Waals surface area contributed by atoms with Crippen molar-refractivity contribution in [2.45, 2.75) is 38.7 Å². The fourth-order valence-corrected chi connectivity index (χ4v) is 2.29. The minimum atomic E-state index is -4.26. The summed E-state index contributed by atoms with van der Waals surface area (Å²) in [5.74, 6) is -0.292. The van der Waals surface area contributed by atoms with Gasteiger partial charge in [0.15, 0.2) is 0 Å². The third kappa shape index (κ3) is 3.30. The zero-order valence-electron chi connectivity index (χ0n) is 11.4. The highest BCUT2D eigenvalue weighted by molar-refractivity contribution is 5.84. The summed E-state index contributed by atoms with van der Waals surface area (Å²) in [6.45, 7) is 3.27. The van der Waals surface area contributed by atoms with E-state index in [2.05, 4.69) is 5.32 Å². The van der Waals surface area contributed by atoms with Gasteiger partial charge in [-0.1, -0.05) is 29.8 Å². The summed E-state index contributed by atoms with van der Waals surface area (Å²) in [4.78, 5) is 13.2. The van der Waals surface area contributed by atoms with Gasteiger partial charge in [0.1, 0.15) is 6.17 Å². The van der Waals surface area contributed by atoms with Gasteiger partial charge in [-0.3, -0.25) is 10.1 Å². The number of alkyl halides is 3. The van der Waals surface area contributed by atoms with Crippen molar-refractivity contribution in [2.75, 3.05) is 6.54 Å². The third-order valence-corrected chi connectivity index (χ3v) is 3.40. The molecule has 1 heterocycles. The molecule has 0 saturated carbocycles. The highest BCUT2D eigenvalue weighted by atomic mass is 19.4. The molecule has 0 aliphatic carbocycles. The van der Waals surface area contributed by atoms with Gasteiger partial charge in [-0.15, -0.1) is 0 Å². The molecule has 1 N–H and O–H groups in total. The lowest BCUT2D eigenvalue weighted by molar-refractivity contribution is -0.145. The van der Waals surface area contributed by atoms with E-state index >= 15 is 0 Å². The van der Waals surface area contributed by atoms with Crippen LogP contribution in [-0.4, -0.2) is 29.6 Å². The Bertz CT molecular complexity index is 484. The van der Waals surface area contributed by atoms with Gasteiger partial charge in [-0.2, -0.15) is 13.2 Å². The number of halogens is 3. The molecule has 1 saturated heterocycles. The normalized spacial score (nSPS) is 23.4. The lowest BCUT2D eigenvalue weighted by atomic mass is 10.1. The minimum Gasteiger partial charge on any atom is -0.321 e. The first-order valence-corrected chi connectivity index (χ1v) is 6.48. The smallest absolute Gasteiger partial charge is 0.321 e. The Labute approximate surface area is 115 Å².